The zero-order chi connectivity index (χ0) is 6.85. The van der Waals surface area contributed by atoms with Gasteiger partial charge in [0.2, 0.25) is 0 Å². The van der Waals surface area contributed by atoms with Gasteiger partial charge in [-0.2, -0.15) is 0 Å². The maximum Gasteiger partial charge on any atom is 0.0567 e. The van der Waals surface area contributed by atoms with Crippen LogP contribution in [0.2, 0.25) is 0 Å². The molecule has 9 heavy (non-hydrogen) atoms. The second kappa shape index (κ2) is 2.67. The number of hydrogen-bond acceptors (Lipinski definition) is 2. The molecule has 1 rings (SSSR count). The SMILES string of the molecule is C[C@H]1CC(O)CC[C@H]1O. The standard InChI is InChI=1S/C7H14O2/c1-5-4-6(8)2-3-7(5)9/h5-9H,2-4H2,1H3/t5-,6?,7+/m0/s1. The molecule has 0 bridgehead atoms. The Labute approximate surface area is 55.5 Å². The third-order valence-electron chi connectivity index (χ3n) is 2.10. The normalized spacial score (nSPS) is 45.0. The van der Waals surface area contributed by atoms with Crippen LogP contribution in [0.5, 0.6) is 0 Å². The Morgan fingerprint density at radius 3 is 2.33 bits per heavy atom. The van der Waals surface area contributed by atoms with Crippen molar-refractivity contribution in [1.29, 1.82) is 0 Å². The van der Waals surface area contributed by atoms with Crippen LogP contribution < -0.4 is 0 Å². The van der Waals surface area contributed by atoms with Crippen LogP contribution in [0.3, 0.4) is 0 Å². The summed E-state index contributed by atoms with van der Waals surface area (Å²) in [7, 11) is 0. The Hall–Kier alpha value is -0.0800. The third kappa shape index (κ3) is 1.66. The largest absolute Gasteiger partial charge is 0.393 e. The van der Waals surface area contributed by atoms with Gasteiger partial charge in [0, 0.05) is 0 Å². The average molecular weight is 130 g/mol. The van der Waals surface area contributed by atoms with Crippen molar-refractivity contribution in [2.24, 2.45) is 5.92 Å². The molecule has 0 aromatic rings. The van der Waals surface area contributed by atoms with Gasteiger partial charge >= 0.3 is 0 Å². The summed E-state index contributed by atoms with van der Waals surface area (Å²) < 4.78 is 0. The molecule has 0 amide bonds. The van der Waals surface area contributed by atoms with E-state index in [0.717, 1.165) is 19.3 Å². The van der Waals surface area contributed by atoms with Crippen LogP contribution >= 0.6 is 0 Å². The van der Waals surface area contributed by atoms with Crippen LogP contribution in [0.25, 0.3) is 0 Å². The highest BCUT2D eigenvalue weighted by Crippen LogP contribution is 2.23. The van der Waals surface area contributed by atoms with Crippen LogP contribution in [0.1, 0.15) is 26.2 Å². The molecule has 1 unspecified atom stereocenters. The van der Waals surface area contributed by atoms with E-state index in [1.54, 1.807) is 0 Å². The molecule has 3 atom stereocenters. The fraction of sp³-hybridized carbons (Fsp3) is 1.00. The van der Waals surface area contributed by atoms with E-state index in [-0.39, 0.29) is 18.1 Å². The fourth-order valence-corrected chi connectivity index (χ4v) is 1.35. The van der Waals surface area contributed by atoms with Crippen LogP contribution in [0.15, 0.2) is 0 Å². The van der Waals surface area contributed by atoms with E-state index in [0.29, 0.717) is 0 Å². The first-order chi connectivity index (χ1) is 4.20. The number of rotatable bonds is 0. The Morgan fingerprint density at radius 2 is 1.89 bits per heavy atom. The van der Waals surface area contributed by atoms with E-state index in [1.807, 2.05) is 6.92 Å². The fourth-order valence-electron chi connectivity index (χ4n) is 1.35. The van der Waals surface area contributed by atoms with Crippen molar-refractivity contribution in [3.63, 3.8) is 0 Å². The molecule has 0 saturated heterocycles. The van der Waals surface area contributed by atoms with Gasteiger partial charge in [-0.15, -0.1) is 0 Å². The minimum Gasteiger partial charge on any atom is -0.393 e. The zero-order valence-electron chi connectivity index (χ0n) is 5.75. The summed E-state index contributed by atoms with van der Waals surface area (Å²) in [5, 5.41) is 18.3. The Kier molecular flexibility index (Phi) is 2.09. The molecule has 0 spiro atoms. The number of hydrogen-bond donors (Lipinski definition) is 2. The molecule has 0 radical (unpaired) electrons. The van der Waals surface area contributed by atoms with Gasteiger partial charge in [-0.25, -0.2) is 0 Å². The molecule has 1 saturated carbocycles. The van der Waals surface area contributed by atoms with Crippen molar-refractivity contribution in [1.82, 2.24) is 0 Å². The van der Waals surface area contributed by atoms with E-state index < -0.39 is 0 Å². The molecule has 0 aromatic carbocycles. The molecule has 0 aliphatic heterocycles. The number of aliphatic hydroxyl groups excluding tert-OH is 2. The molecule has 1 fully saturated rings. The molecule has 0 aromatic heterocycles. The molecule has 54 valence electrons. The average Bonchev–Trinajstić information content (AvgIpc) is 1.80. The lowest BCUT2D eigenvalue weighted by atomic mass is 9.86. The molecule has 2 nitrogen and oxygen atoms in total. The lowest BCUT2D eigenvalue weighted by Gasteiger charge is -2.27. The summed E-state index contributed by atoms with van der Waals surface area (Å²) in [5.74, 6) is 0.286. The van der Waals surface area contributed by atoms with E-state index in [9.17, 15) is 5.11 Å². The predicted octanol–water partition coefficient (Wildman–Crippen LogP) is 0.528. The van der Waals surface area contributed by atoms with Gasteiger partial charge in [-0.1, -0.05) is 6.92 Å². The highest BCUT2D eigenvalue weighted by molar-refractivity contribution is 4.75. The van der Waals surface area contributed by atoms with E-state index in [4.69, 9.17) is 5.11 Å². The summed E-state index contributed by atoms with van der Waals surface area (Å²) >= 11 is 0. The molecule has 0 heterocycles. The van der Waals surface area contributed by atoms with Crippen molar-refractivity contribution >= 4 is 0 Å². The summed E-state index contributed by atoms with van der Waals surface area (Å²) in [6.45, 7) is 1.98. The van der Waals surface area contributed by atoms with Crippen LogP contribution in [-0.4, -0.2) is 22.4 Å². The minimum absolute atomic E-state index is 0.164. The molecular weight excluding hydrogens is 116 g/mol. The summed E-state index contributed by atoms with van der Waals surface area (Å²) in [4.78, 5) is 0. The van der Waals surface area contributed by atoms with Gasteiger partial charge in [0.15, 0.2) is 0 Å². The second-order valence-corrected chi connectivity index (χ2v) is 3.01. The minimum atomic E-state index is -0.173. The van der Waals surface area contributed by atoms with Crippen molar-refractivity contribution < 1.29 is 10.2 Å². The first-order valence-electron chi connectivity index (χ1n) is 3.56. The summed E-state index contributed by atoms with van der Waals surface area (Å²) in [6.07, 6.45) is 1.96. The van der Waals surface area contributed by atoms with E-state index in [1.165, 1.54) is 0 Å². The maximum atomic E-state index is 9.18. The van der Waals surface area contributed by atoms with Crippen molar-refractivity contribution in [3.05, 3.63) is 0 Å². The van der Waals surface area contributed by atoms with Gasteiger partial charge in [0.25, 0.3) is 0 Å². The van der Waals surface area contributed by atoms with Gasteiger partial charge < -0.3 is 10.2 Å². The quantitative estimate of drug-likeness (QED) is 0.502. The van der Waals surface area contributed by atoms with Crippen LogP contribution in [0.4, 0.5) is 0 Å². The monoisotopic (exact) mass is 130 g/mol. The van der Waals surface area contributed by atoms with Gasteiger partial charge in [0.1, 0.15) is 0 Å². The van der Waals surface area contributed by atoms with Crippen molar-refractivity contribution in [3.8, 4) is 0 Å². The molecule has 2 heteroatoms. The van der Waals surface area contributed by atoms with E-state index >= 15 is 0 Å². The first-order valence-corrected chi connectivity index (χ1v) is 3.56. The van der Waals surface area contributed by atoms with E-state index in [2.05, 4.69) is 0 Å². The summed E-state index contributed by atoms with van der Waals surface area (Å²) in [5.41, 5.74) is 0. The zero-order valence-corrected chi connectivity index (χ0v) is 5.75. The lowest BCUT2D eigenvalue weighted by Crippen LogP contribution is -2.29. The molecule has 1 aliphatic carbocycles. The third-order valence-corrected chi connectivity index (χ3v) is 2.10. The topological polar surface area (TPSA) is 40.5 Å². The summed E-state index contributed by atoms with van der Waals surface area (Å²) in [6, 6.07) is 0. The highest BCUT2D eigenvalue weighted by atomic mass is 16.3. The van der Waals surface area contributed by atoms with Gasteiger partial charge in [-0.05, 0) is 25.2 Å². The van der Waals surface area contributed by atoms with Crippen molar-refractivity contribution in [2.45, 2.75) is 38.4 Å². The molecule has 2 N–H and O–H groups in total. The smallest absolute Gasteiger partial charge is 0.0567 e. The van der Waals surface area contributed by atoms with Crippen LogP contribution in [-0.2, 0) is 0 Å². The Balaban J connectivity index is 2.35. The van der Waals surface area contributed by atoms with Crippen LogP contribution in [0, 0.1) is 5.92 Å². The Bertz CT molecular complexity index is 92.9. The molecule has 1 aliphatic rings. The maximum absolute atomic E-state index is 9.18. The lowest BCUT2D eigenvalue weighted by molar-refractivity contribution is 0.0142. The number of aliphatic hydroxyl groups is 2. The van der Waals surface area contributed by atoms with Gasteiger partial charge in [-0.3, -0.25) is 0 Å². The predicted molar refractivity (Wildman–Crippen MR) is 35.0 cm³/mol. The highest BCUT2D eigenvalue weighted by Gasteiger charge is 2.23. The first kappa shape index (κ1) is 7.03. The van der Waals surface area contributed by atoms with Crippen molar-refractivity contribution in [2.75, 3.05) is 0 Å². The second-order valence-electron chi connectivity index (χ2n) is 3.01. The Morgan fingerprint density at radius 1 is 1.22 bits per heavy atom. The van der Waals surface area contributed by atoms with Gasteiger partial charge in [0.05, 0.1) is 12.2 Å². The molecular formula is C7H14O2.